The average Bonchev–Trinajstić information content (AvgIpc) is 2.87. The van der Waals surface area contributed by atoms with Gasteiger partial charge >= 0.3 is 5.97 Å². The molecule has 2 aliphatic rings. The molecule has 1 aliphatic heterocycles. The third-order valence-electron chi connectivity index (χ3n) is 4.40. The second-order valence-corrected chi connectivity index (χ2v) is 6.51. The van der Waals surface area contributed by atoms with Crippen LogP contribution in [0.2, 0.25) is 5.02 Å². The minimum absolute atomic E-state index is 0.358. The molecule has 1 aromatic carbocycles. The summed E-state index contributed by atoms with van der Waals surface area (Å²) < 4.78 is 4.87. The van der Waals surface area contributed by atoms with Crippen LogP contribution in [-0.4, -0.2) is 41.7 Å². The highest BCUT2D eigenvalue weighted by Gasteiger charge is 2.47. The van der Waals surface area contributed by atoms with Crippen molar-refractivity contribution >= 4 is 41.0 Å². The van der Waals surface area contributed by atoms with Crippen molar-refractivity contribution in [3.05, 3.63) is 41.4 Å². The number of rotatable bonds is 5. The molecule has 0 aromatic heterocycles. The number of fused-ring (bicyclic) bond motifs is 1. The van der Waals surface area contributed by atoms with Crippen LogP contribution in [0.1, 0.15) is 12.8 Å². The van der Waals surface area contributed by atoms with Crippen LogP contribution >= 0.6 is 11.6 Å². The van der Waals surface area contributed by atoms with Crippen LogP contribution in [0.3, 0.4) is 0 Å². The number of hydrogen-bond donors (Lipinski definition) is 1. The summed E-state index contributed by atoms with van der Waals surface area (Å²) in [5, 5.41) is 2.87. The number of benzene rings is 1. The lowest BCUT2D eigenvalue weighted by molar-refractivity contribution is -0.154. The first kappa shape index (κ1) is 18.1. The Morgan fingerprint density at radius 2 is 1.73 bits per heavy atom. The minimum atomic E-state index is -0.812. The molecule has 0 radical (unpaired) electrons. The quantitative estimate of drug-likeness (QED) is 0.480. The summed E-state index contributed by atoms with van der Waals surface area (Å²) in [6.07, 6.45) is 4.74. The van der Waals surface area contributed by atoms with E-state index in [-0.39, 0.29) is 11.8 Å². The van der Waals surface area contributed by atoms with E-state index in [1.807, 2.05) is 12.2 Å². The Hall–Kier alpha value is -2.67. The zero-order chi connectivity index (χ0) is 18.7. The molecule has 8 heteroatoms. The number of imide groups is 1. The van der Waals surface area contributed by atoms with Crippen molar-refractivity contribution in [2.24, 2.45) is 11.8 Å². The van der Waals surface area contributed by atoms with Crippen molar-refractivity contribution < 1.29 is 23.9 Å². The lowest BCUT2D eigenvalue weighted by atomic mass is 9.85. The summed E-state index contributed by atoms with van der Waals surface area (Å²) in [5.41, 5.74) is 0.400. The van der Waals surface area contributed by atoms with E-state index in [0.717, 1.165) is 4.90 Å². The SMILES string of the molecule is O=C(COC(=O)CN1C(=O)[C@H]2CC=CC[C@@H]2C1=O)Nc1ccccc1Cl. The molecule has 7 nitrogen and oxygen atoms in total. The Morgan fingerprint density at radius 1 is 1.12 bits per heavy atom. The zero-order valence-corrected chi connectivity index (χ0v) is 14.6. The first-order valence-electron chi connectivity index (χ1n) is 8.17. The smallest absolute Gasteiger partial charge is 0.326 e. The molecule has 136 valence electrons. The number of ether oxygens (including phenoxy) is 1. The molecule has 0 unspecified atom stereocenters. The lowest BCUT2D eigenvalue weighted by Crippen LogP contribution is -2.37. The summed E-state index contributed by atoms with van der Waals surface area (Å²) in [5.74, 6) is -2.90. The van der Waals surface area contributed by atoms with Gasteiger partial charge in [-0.1, -0.05) is 35.9 Å². The van der Waals surface area contributed by atoms with Crippen LogP contribution in [0.4, 0.5) is 5.69 Å². The van der Waals surface area contributed by atoms with Gasteiger partial charge in [0.2, 0.25) is 11.8 Å². The van der Waals surface area contributed by atoms with Gasteiger partial charge < -0.3 is 10.1 Å². The van der Waals surface area contributed by atoms with E-state index < -0.39 is 36.9 Å². The number of para-hydroxylation sites is 1. The number of nitrogens with zero attached hydrogens (tertiary/aromatic N) is 1. The Bertz CT molecular complexity index is 766. The molecule has 1 saturated heterocycles. The van der Waals surface area contributed by atoms with Gasteiger partial charge in [0.1, 0.15) is 6.54 Å². The van der Waals surface area contributed by atoms with Gasteiger partial charge in [-0.15, -0.1) is 0 Å². The predicted molar refractivity (Wildman–Crippen MR) is 93.1 cm³/mol. The third-order valence-corrected chi connectivity index (χ3v) is 4.73. The fourth-order valence-electron chi connectivity index (χ4n) is 3.09. The molecular formula is C18H17ClN2O5. The van der Waals surface area contributed by atoms with Crippen LogP contribution in [0.25, 0.3) is 0 Å². The highest BCUT2D eigenvalue weighted by molar-refractivity contribution is 6.33. The third kappa shape index (κ3) is 3.77. The van der Waals surface area contributed by atoms with E-state index in [2.05, 4.69) is 5.32 Å². The summed E-state index contributed by atoms with van der Waals surface area (Å²) >= 11 is 5.93. The predicted octanol–water partition coefficient (Wildman–Crippen LogP) is 1.77. The van der Waals surface area contributed by atoms with Gasteiger partial charge in [0.25, 0.3) is 5.91 Å². The Morgan fingerprint density at radius 3 is 2.35 bits per heavy atom. The lowest BCUT2D eigenvalue weighted by Gasteiger charge is -2.14. The maximum absolute atomic E-state index is 12.3. The zero-order valence-electron chi connectivity index (χ0n) is 13.8. The molecule has 3 amide bonds. The van der Waals surface area contributed by atoms with Crippen LogP contribution < -0.4 is 5.32 Å². The number of amides is 3. The molecule has 0 saturated carbocycles. The van der Waals surface area contributed by atoms with Gasteiger partial charge in [0.05, 0.1) is 22.5 Å². The van der Waals surface area contributed by atoms with Gasteiger partial charge in [-0.05, 0) is 25.0 Å². The van der Waals surface area contributed by atoms with Gasteiger partial charge in [-0.2, -0.15) is 0 Å². The normalized spacial score (nSPS) is 21.5. The molecule has 1 N–H and O–H groups in total. The fourth-order valence-corrected chi connectivity index (χ4v) is 3.28. The van der Waals surface area contributed by atoms with E-state index in [9.17, 15) is 19.2 Å². The number of anilines is 1. The van der Waals surface area contributed by atoms with Crippen molar-refractivity contribution in [3.63, 3.8) is 0 Å². The standard InChI is InChI=1S/C18H17ClN2O5/c19-13-7-3-4-8-14(13)20-15(22)10-26-16(23)9-21-17(24)11-5-1-2-6-12(11)18(21)25/h1-4,7-8,11-12H,5-6,9-10H2,(H,20,22)/t11-,12-/m0/s1. The minimum Gasteiger partial charge on any atom is -0.454 e. The van der Waals surface area contributed by atoms with Crippen LogP contribution in [0.15, 0.2) is 36.4 Å². The molecule has 0 spiro atoms. The largest absolute Gasteiger partial charge is 0.454 e. The average molecular weight is 377 g/mol. The Kier molecular flexibility index (Phi) is 5.37. The maximum Gasteiger partial charge on any atom is 0.326 e. The van der Waals surface area contributed by atoms with Gasteiger partial charge in [0, 0.05) is 0 Å². The summed E-state index contributed by atoms with van der Waals surface area (Å²) in [7, 11) is 0. The molecule has 3 rings (SSSR count). The van der Waals surface area contributed by atoms with E-state index in [1.165, 1.54) is 0 Å². The highest BCUT2D eigenvalue weighted by atomic mass is 35.5. The van der Waals surface area contributed by atoms with Crippen LogP contribution in [0, 0.1) is 11.8 Å². The number of hydrogen-bond acceptors (Lipinski definition) is 5. The van der Waals surface area contributed by atoms with Crippen molar-refractivity contribution in [1.29, 1.82) is 0 Å². The summed E-state index contributed by atoms with van der Waals surface area (Å²) in [6.45, 7) is -1.02. The molecule has 1 aliphatic carbocycles. The second-order valence-electron chi connectivity index (χ2n) is 6.11. The topological polar surface area (TPSA) is 92.8 Å². The Balaban J connectivity index is 1.50. The maximum atomic E-state index is 12.3. The molecule has 26 heavy (non-hydrogen) atoms. The van der Waals surface area contributed by atoms with Gasteiger partial charge in [-0.25, -0.2) is 0 Å². The number of likely N-dealkylation sites (tertiary alicyclic amines) is 1. The number of halogens is 1. The first-order valence-corrected chi connectivity index (χ1v) is 8.55. The first-order chi connectivity index (χ1) is 12.5. The second kappa shape index (κ2) is 7.70. The molecule has 0 bridgehead atoms. The van der Waals surface area contributed by atoms with Crippen molar-refractivity contribution in [2.75, 3.05) is 18.5 Å². The van der Waals surface area contributed by atoms with E-state index in [4.69, 9.17) is 16.3 Å². The number of carbonyl (C=O) groups is 4. The molecular weight excluding hydrogens is 360 g/mol. The molecule has 2 atom stereocenters. The monoisotopic (exact) mass is 376 g/mol. The van der Waals surface area contributed by atoms with E-state index in [1.54, 1.807) is 24.3 Å². The molecule has 1 fully saturated rings. The fraction of sp³-hybridized carbons (Fsp3) is 0.333. The molecule has 1 aromatic rings. The van der Waals surface area contributed by atoms with Gasteiger partial charge in [-0.3, -0.25) is 24.1 Å². The number of allylic oxidation sites excluding steroid dienone is 2. The van der Waals surface area contributed by atoms with Crippen LogP contribution in [0.5, 0.6) is 0 Å². The number of esters is 1. The number of carbonyl (C=O) groups excluding carboxylic acids is 4. The van der Waals surface area contributed by atoms with Crippen LogP contribution in [-0.2, 0) is 23.9 Å². The van der Waals surface area contributed by atoms with Gasteiger partial charge in [0.15, 0.2) is 6.61 Å². The van der Waals surface area contributed by atoms with Crippen molar-refractivity contribution in [3.8, 4) is 0 Å². The summed E-state index contributed by atoms with van der Waals surface area (Å²) in [6, 6.07) is 6.64. The molecule has 1 heterocycles. The van der Waals surface area contributed by atoms with E-state index >= 15 is 0 Å². The Labute approximate surface area is 154 Å². The van der Waals surface area contributed by atoms with E-state index in [0.29, 0.717) is 23.6 Å². The summed E-state index contributed by atoms with van der Waals surface area (Å²) in [4.78, 5) is 49.2. The van der Waals surface area contributed by atoms with Crippen molar-refractivity contribution in [1.82, 2.24) is 4.90 Å². The highest BCUT2D eigenvalue weighted by Crippen LogP contribution is 2.34. The van der Waals surface area contributed by atoms with Crippen molar-refractivity contribution in [2.45, 2.75) is 12.8 Å². The number of nitrogens with one attached hydrogen (secondary N) is 1.